The fraction of sp³-hybridized carbons (Fsp3) is 0.286. The van der Waals surface area contributed by atoms with Crippen molar-refractivity contribution in [2.45, 2.75) is 24.4 Å². The molecule has 0 amide bonds. The highest BCUT2D eigenvalue weighted by Gasteiger charge is 2.33. The quantitative estimate of drug-likeness (QED) is 0.819. The van der Waals surface area contributed by atoms with Crippen molar-refractivity contribution in [1.29, 1.82) is 5.26 Å². The van der Waals surface area contributed by atoms with Gasteiger partial charge >= 0.3 is 6.18 Å². The van der Waals surface area contributed by atoms with E-state index >= 15 is 0 Å². The Morgan fingerprint density at radius 3 is 2.36 bits per heavy atom. The average molecular weight is 411 g/mol. The SMILES string of the molecule is CCCS(=O)c1c(C#N)nn(-c2c(Cl)cc(C(F)(F)F)cc2Cl)c1N. The van der Waals surface area contributed by atoms with Crippen LogP contribution < -0.4 is 5.73 Å². The van der Waals surface area contributed by atoms with Gasteiger partial charge in [-0.2, -0.15) is 23.5 Å². The molecular formula is C14H11Cl2F3N4OS. The molecule has 11 heteroatoms. The number of nitrogens with zero attached hydrogens (tertiary/aromatic N) is 3. The van der Waals surface area contributed by atoms with Gasteiger partial charge in [0, 0.05) is 5.75 Å². The third-order valence-corrected chi connectivity index (χ3v) is 5.37. The molecule has 2 rings (SSSR count). The predicted octanol–water partition coefficient (Wildman–Crippen LogP) is 4.17. The topological polar surface area (TPSA) is 84.7 Å². The highest BCUT2D eigenvalue weighted by Crippen LogP contribution is 2.39. The molecule has 0 bridgehead atoms. The number of alkyl halides is 3. The second kappa shape index (κ2) is 7.23. The van der Waals surface area contributed by atoms with Crippen LogP contribution in [0.4, 0.5) is 19.0 Å². The van der Waals surface area contributed by atoms with Crippen molar-refractivity contribution in [1.82, 2.24) is 9.78 Å². The second-order valence-electron chi connectivity index (χ2n) is 4.92. The zero-order valence-corrected chi connectivity index (χ0v) is 15.0. The van der Waals surface area contributed by atoms with Gasteiger partial charge in [-0.3, -0.25) is 4.21 Å². The van der Waals surface area contributed by atoms with Gasteiger partial charge in [-0.15, -0.1) is 0 Å². The first-order valence-corrected chi connectivity index (χ1v) is 8.92. The maximum Gasteiger partial charge on any atom is 0.416 e. The number of anilines is 1. The number of hydrogen-bond donors (Lipinski definition) is 1. The molecule has 1 atom stereocenters. The average Bonchev–Trinajstić information content (AvgIpc) is 2.82. The molecule has 0 saturated heterocycles. The number of benzene rings is 1. The summed E-state index contributed by atoms with van der Waals surface area (Å²) < 4.78 is 51.7. The molecular weight excluding hydrogens is 400 g/mol. The summed E-state index contributed by atoms with van der Waals surface area (Å²) in [6, 6.07) is 3.13. The van der Waals surface area contributed by atoms with Gasteiger partial charge in [0.05, 0.1) is 26.4 Å². The highest BCUT2D eigenvalue weighted by atomic mass is 35.5. The van der Waals surface area contributed by atoms with Crippen LogP contribution in [0.1, 0.15) is 24.6 Å². The van der Waals surface area contributed by atoms with Gasteiger partial charge < -0.3 is 5.73 Å². The number of nitrogens with two attached hydrogens (primary N) is 1. The van der Waals surface area contributed by atoms with E-state index in [9.17, 15) is 22.6 Å². The summed E-state index contributed by atoms with van der Waals surface area (Å²) >= 11 is 11.9. The number of aromatic nitrogens is 2. The standard InChI is InChI=1S/C14H11Cl2F3N4OS/c1-2-3-25(24)12-10(6-20)22-23(13(12)21)11-8(15)4-7(5-9(11)16)14(17,18)19/h4-5H,2-3,21H2,1H3. The van der Waals surface area contributed by atoms with Crippen molar-refractivity contribution in [3.8, 4) is 11.8 Å². The Morgan fingerprint density at radius 2 is 1.92 bits per heavy atom. The second-order valence-corrected chi connectivity index (χ2v) is 7.24. The van der Waals surface area contributed by atoms with Gasteiger partial charge in [0.15, 0.2) is 5.69 Å². The maximum absolute atomic E-state index is 12.8. The minimum Gasteiger partial charge on any atom is -0.383 e. The number of rotatable bonds is 4. The van der Waals surface area contributed by atoms with E-state index in [-0.39, 0.29) is 37.9 Å². The molecule has 1 heterocycles. The molecule has 0 aliphatic carbocycles. The molecule has 1 aromatic heterocycles. The Balaban J connectivity index is 2.68. The largest absolute Gasteiger partial charge is 0.416 e. The van der Waals surface area contributed by atoms with Crippen molar-refractivity contribution < 1.29 is 17.4 Å². The summed E-state index contributed by atoms with van der Waals surface area (Å²) in [4.78, 5) is 0.0105. The summed E-state index contributed by atoms with van der Waals surface area (Å²) in [6.07, 6.45) is -4.06. The molecule has 0 fully saturated rings. The molecule has 0 saturated carbocycles. The first-order chi connectivity index (χ1) is 11.6. The molecule has 5 nitrogen and oxygen atoms in total. The molecule has 0 spiro atoms. The zero-order chi connectivity index (χ0) is 18.9. The lowest BCUT2D eigenvalue weighted by atomic mass is 10.2. The van der Waals surface area contributed by atoms with Gasteiger partial charge in [-0.05, 0) is 18.6 Å². The smallest absolute Gasteiger partial charge is 0.383 e. The lowest BCUT2D eigenvalue weighted by molar-refractivity contribution is -0.137. The van der Waals surface area contributed by atoms with Crippen LogP contribution in [0.3, 0.4) is 0 Å². The maximum atomic E-state index is 12.8. The van der Waals surface area contributed by atoms with Gasteiger partial charge in [0.2, 0.25) is 0 Å². The van der Waals surface area contributed by atoms with Crippen LogP contribution in [0.15, 0.2) is 17.0 Å². The van der Waals surface area contributed by atoms with E-state index in [1.54, 1.807) is 13.0 Å². The summed E-state index contributed by atoms with van der Waals surface area (Å²) in [5.74, 6) is 0.0888. The van der Waals surface area contributed by atoms with Crippen LogP contribution in [0.5, 0.6) is 0 Å². The Hall–Kier alpha value is -1.76. The number of nitriles is 1. The number of hydrogen-bond acceptors (Lipinski definition) is 4. The number of nitrogen functional groups attached to an aromatic ring is 1. The summed E-state index contributed by atoms with van der Waals surface area (Å²) in [5, 5.41) is 12.4. The van der Waals surface area contributed by atoms with E-state index < -0.39 is 22.5 Å². The van der Waals surface area contributed by atoms with Crippen LogP contribution in [0.2, 0.25) is 10.0 Å². The van der Waals surface area contributed by atoms with Crippen LogP contribution in [0, 0.1) is 11.3 Å². The van der Waals surface area contributed by atoms with Gasteiger partial charge in [-0.1, -0.05) is 30.1 Å². The highest BCUT2D eigenvalue weighted by molar-refractivity contribution is 7.85. The molecule has 0 radical (unpaired) electrons. The van der Waals surface area contributed by atoms with E-state index in [0.717, 1.165) is 4.68 Å². The molecule has 0 aliphatic rings. The molecule has 0 aliphatic heterocycles. The van der Waals surface area contributed by atoms with Crippen LogP contribution in [-0.2, 0) is 17.0 Å². The van der Waals surface area contributed by atoms with Crippen molar-refractivity contribution in [2.24, 2.45) is 0 Å². The van der Waals surface area contributed by atoms with Gasteiger partial charge in [0.1, 0.15) is 22.5 Å². The van der Waals surface area contributed by atoms with Crippen LogP contribution in [0.25, 0.3) is 5.69 Å². The Bertz CT molecular complexity index is 866. The molecule has 1 unspecified atom stereocenters. The first-order valence-electron chi connectivity index (χ1n) is 6.85. The fourth-order valence-electron chi connectivity index (χ4n) is 2.10. The third-order valence-electron chi connectivity index (χ3n) is 3.16. The van der Waals surface area contributed by atoms with E-state index in [1.165, 1.54) is 0 Å². The van der Waals surface area contributed by atoms with E-state index in [0.29, 0.717) is 18.6 Å². The molecule has 134 valence electrons. The molecule has 2 aromatic rings. The van der Waals surface area contributed by atoms with Crippen molar-refractivity contribution in [3.63, 3.8) is 0 Å². The minimum atomic E-state index is -4.63. The Kier molecular flexibility index (Phi) is 5.66. The first kappa shape index (κ1) is 19.6. The molecule has 2 N–H and O–H groups in total. The molecule has 1 aromatic carbocycles. The van der Waals surface area contributed by atoms with E-state index in [1.807, 2.05) is 0 Å². The van der Waals surface area contributed by atoms with Crippen LogP contribution in [-0.4, -0.2) is 19.7 Å². The van der Waals surface area contributed by atoms with Crippen molar-refractivity contribution in [3.05, 3.63) is 33.4 Å². The summed E-state index contributed by atoms with van der Waals surface area (Å²) in [6.45, 7) is 1.80. The normalized spacial score (nSPS) is 12.8. The zero-order valence-electron chi connectivity index (χ0n) is 12.7. The minimum absolute atomic E-state index is 0.0105. The van der Waals surface area contributed by atoms with Crippen LogP contribution >= 0.6 is 23.2 Å². The lowest BCUT2D eigenvalue weighted by Gasteiger charge is -2.13. The Morgan fingerprint density at radius 1 is 1.36 bits per heavy atom. The van der Waals surface area contributed by atoms with E-state index in [4.69, 9.17) is 28.9 Å². The summed E-state index contributed by atoms with van der Waals surface area (Å²) in [5.41, 5.74) is 4.57. The summed E-state index contributed by atoms with van der Waals surface area (Å²) in [7, 11) is -1.59. The van der Waals surface area contributed by atoms with Crippen molar-refractivity contribution >= 4 is 39.8 Å². The Labute approximate surface area is 153 Å². The van der Waals surface area contributed by atoms with Crippen molar-refractivity contribution in [2.75, 3.05) is 11.5 Å². The molecule has 25 heavy (non-hydrogen) atoms. The fourth-order valence-corrected chi connectivity index (χ4v) is 3.95. The van der Waals surface area contributed by atoms with E-state index in [2.05, 4.69) is 5.10 Å². The van der Waals surface area contributed by atoms with Gasteiger partial charge in [-0.25, -0.2) is 4.68 Å². The number of halogens is 5. The lowest BCUT2D eigenvalue weighted by Crippen LogP contribution is -2.09. The van der Waals surface area contributed by atoms with Gasteiger partial charge in [0.25, 0.3) is 0 Å². The predicted molar refractivity (Wildman–Crippen MR) is 89.3 cm³/mol. The third kappa shape index (κ3) is 3.76. The monoisotopic (exact) mass is 410 g/mol.